The molecule has 0 aliphatic heterocycles. The number of carboxylic acids is 1. The van der Waals surface area contributed by atoms with Gasteiger partial charge in [-0.1, -0.05) is 60.7 Å². The Hall–Kier alpha value is -4.27. The van der Waals surface area contributed by atoms with Gasteiger partial charge >= 0.3 is 18.2 Å². The molecule has 0 radical (unpaired) electrons. The number of rotatable bonds is 7. The van der Waals surface area contributed by atoms with Gasteiger partial charge in [0.2, 0.25) is 0 Å². The summed E-state index contributed by atoms with van der Waals surface area (Å²) in [6.45, 7) is 4.94. The highest BCUT2D eigenvalue weighted by Gasteiger charge is 2.37. The second kappa shape index (κ2) is 10.8. The van der Waals surface area contributed by atoms with E-state index in [1.807, 2.05) is 47.0 Å². The molecule has 39 heavy (non-hydrogen) atoms. The maximum absolute atomic E-state index is 13.4. The minimum Gasteiger partial charge on any atom is -0.479 e. The number of aromatic nitrogens is 1. The SMILES string of the molecule is CC(C)(C)OC(=O)N(Cc1cccc(C(F)(F)F)c1)C(C(=O)O)c1cn(Cc2ccccc2)c2ccccc12. The third kappa shape index (κ3) is 6.60. The summed E-state index contributed by atoms with van der Waals surface area (Å²) in [5, 5.41) is 11.0. The summed E-state index contributed by atoms with van der Waals surface area (Å²) in [4.78, 5) is 27.2. The number of nitrogens with zero attached hydrogens (tertiary/aromatic N) is 2. The van der Waals surface area contributed by atoms with Gasteiger partial charge in [0, 0.05) is 29.2 Å². The minimum absolute atomic E-state index is 0.120. The van der Waals surface area contributed by atoms with Crippen LogP contribution in [0, 0.1) is 0 Å². The predicted molar refractivity (Wildman–Crippen MR) is 141 cm³/mol. The van der Waals surface area contributed by atoms with Gasteiger partial charge in [-0.15, -0.1) is 0 Å². The lowest BCUT2D eigenvalue weighted by Crippen LogP contribution is -2.41. The molecule has 0 aliphatic rings. The third-order valence-corrected chi connectivity index (χ3v) is 6.09. The first-order valence-corrected chi connectivity index (χ1v) is 12.3. The van der Waals surface area contributed by atoms with Crippen LogP contribution in [-0.4, -0.2) is 32.2 Å². The zero-order valence-electron chi connectivity index (χ0n) is 21.8. The molecule has 1 atom stereocenters. The maximum atomic E-state index is 13.4. The molecule has 0 aliphatic carbocycles. The molecule has 4 aromatic rings. The van der Waals surface area contributed by atoms with Gasteiger partial charge in [0.1, 0.15) is 5.60 Å². The van der Waals surface area contributed by atoms with Crippen LogP contribution in [0.2, 0.25) is 0 Å². The summed E-state index contributed by atoms with van der Waals surface area (Å²) >= 11 is 0. The minimum atomic E-state index is -4.59. The lowest BCUT2D eigenvalue weighted by atomic mass is 10.0. The number of para-hydroxylation sites is 1. The number of ether oxygens (including phenoxy) is 1. The third-order valence-electron chi connectivity index (χ3n) is 6.09. The van der Waals surface area contributed by atoms with Crippen molar-refractivity contribution in [3.8, 4) is 0 Å². The molecule has 1 aromatic heterocycles. The molecule has 6 nitrogen and oxygen atoms in total. The zero-order chi connectivity index (χ0) is 28.4. The molecule has 0 bridgehead atoms. The van der Waals surface area contributed by atoms with Gasteiger partial charge in [-0.25, -0.2) is 9.59 Å². The number of carbonyl (C=O) groups is 2. The number of carboxylic acid groups (broad SMARTS) is 1. The number of alkyl halides is 3. The zero-order valence-corrected chi connectivity index (χ0v) is 21.8. The Balaban J connectivity index is 1.83. The molecule has 0 saturated carbocycles. The fraction of sp³-hybridized carbons (Fsp3) is 0.267. The van der Waals surface area contributed by atoms with Gasteiger partial charge in [-0.3, -0.25) is 4.90 Å². The Morgan fingerprint density at radius 1 is 0.923 bits per heavy atom. The number of hydrogen-bond donors (Lipinski definition) is 1. The van der Waals surface area contributed by atoms with Gasteiger partial charge in [-0.2, -0.15) is 13.2 Å². The van der Waals surface area contributed by atoms with Crippen LogP contribution in [0.15, 0.2) is 85.1 Å². The van der Waals surface area contributed by atoms with Gasteiger partial charge in [0.05, 0.1) is 12.1 Å². The summed E-state index contributed by atoms with van der Waals surface area (Å²) in [5.41, 5.74) is 0.334. The van der Waals surface area contributed by atoms with Crippen molar-refractivity contribution in [3.63, 3.8) is 0 Å². The summed E-state index contributed by atoms with van der Waals surface area (Å²) in [6.07, 6.45) is -3.86. The molecule has 0 spiro atoms. The van der Waals surface area contributed by atoms with E-state index in [2.05, 4.69) is 0 Å². The number of aliphatic carboxylic acids is 1. The highest BCUT2D eigenvalue weighted by Crippen LogP contribution is 2.34. The molecule has 1 N–H and O–H groups in total. The van der Waals surface area contributed by atoms with Crippen LogP contribution in [-0.2, 0) is 28.8 Å². The summed E-state index contributed by atoms with van der Waals surface area (Å²) in [7, 11) is 0. The standard InChI is InChI=1S/C30H29F3N2O4/c1-29(2,3)39-28(38)35(18-21-12-9-13-22(16-21)30(31,32)33)26(27(36)37)24-19-34(17-20-10-5-4-6-11-20)25-15-8-7-14-23(24)25/h4-16,19,26H,17-18H2,1-3H3,(H,36,37). The maximum Gasteiger partial charge on any atom is 0.416 e. The molecule has 9 heteroatoms. The van der Waals surface area contributed by atoms with E-state index in [4.69, 9.17) is 4.74 Å². The second-order valence-electron chi connectivity index (χ2n) is 10.3. The van der Waals surface area contributed by atoms with Crippen molar-refractivity contribution in [1.29, 1.82) is 0 Å². The number of halogens is 3. The molecule has 0 fully saturated rings. The Kier molecular flexibility index (Phi) is 7.72. The van der Waals surface area contributed by atoms with E-state index in [1.165, 1.54) is 12.1 Å². The van der Waals surface area contributed by atoms with Crippen LogP contribution in [0.25, 0.3) is 10.9 Å². The first-order valence-electron chi connectivity index (χ1n) is 12.3. The molecule has 0 saturated heterocycles. The summed E-state index contributed by atoms with van der Waals surface area (Å²) in [6, 6.07) is 19.8. The molecule has 1 heterocycles. The lowest BCUT2D eigenvalue weighted by Gasteiger charge is -2.31. The van der Waals surface area contributed by atoms with Crippen LogP contribution >= 0.6 is 0 Å². The number of hydrogen-bond acceptors (Lipinski definition) is 3. The summed E-state index contributed by atoms with van der Waals surface area (Å²) < 4.78 is 47.6. The van der Waals surface area contributed by atoms with Crippen molar-refractivity contribution in [2.45, 2.75) is 51.7 Å². The predicted octanol–water partition coefficient (Wildman–Crippen LogP) is 7.27. The second-order valence-corrected chi connectivity index (χ2v) is 10.3. The van der Waals surface area contributed by atoms with Crippen LogP contribution in [0.4, 0.5) is 18.0 Å². The van der Waals surface area contributed by atoms with Gasteiger partial charge in [-0.05, 0) is 50.1 Å². The molecule has 1 unspecified atom stereocenters. The van der Waals surface area contributed by atoms with E-state index in [1.54, 1.807) is 39.1 Å². The highest BCUT2D eigenvalue weighted by atomic mass is 19.4. The monoisotopic (exact) mass is 538 g/mol. The number of fused-ring (bicyclic) bond motifs is 1. The fourth-order valence-electron chi connectivity index (χ4n) is 4.46. The Morgan fingerprint density at radius 3 is 2.21 bits per heavy atom. The largest absolute Gasteiger partial charge is 0.479 e. The highest BCUT2D eigenvalue weighted by molar-refractivity contribution is 5.91. The number of carbonyl (C=O) groups excluding carboxylic acids is 1. The van der Waals surface area contributed by atoms with Crippen LogP contribution in [0.1, 0.15) is 49.1 Å². The first-order chi connectivity index (χ1) is 18.3. The van der Waals surface area contributed by atoms with Crippen molar-refractivity contribution >= 4 is 23.0 Å². The van der Waals surface area contributed by atoms with Crippen molar-refractivity contribution in [2.75, 3.05) is 0 Å². The Morgan fingerprint density at radius 2 is 1.56 bits per heavy atom. The van der Waals surface area contributed by atoms with Gasteiger partial charge in [0.15, 0.2) is 6.04 Å². The number of amides is 1. The first kappa shape index (κ1) is 27.8. The smallest absolute Gasteiger partial charge is 0.416 e. The Bertz CT molecular complexity index is 1470. The Labute approximate surface area is 224 Å². The van der Waals surface area contributed by atoms with Crippen molar-refractivity contribution < 1.29 is 32.6 Å². The molecule has 204 valence electrons. The van der Waals surface area contributed by atoms with E-state index in [0.717, 1.165) is 28.1 Å². The van der Waals surface area contributed by atoms with E-state index in [9.17, 15) is 27.9 Å². The average molecular weight is 539 g/mol. The topological polar surface area (TPSA) is 71.8 Å². The quantitative estimate of drug-likeness (QED) is 0.269. The van der Waals surface area contributed by atoms with E-state index in [-0.39, 0.29) is 5.56 Å². The fourth-order valence-corrected chi connectivity index (χ4v) is 4.46. The van der Waals surface area contributed by atoms with Crippen LogP contribution in [0.5, 0.6) is 0 Å². The molecular weight excluding hydrogens is 509 g/mol. The average Bonchev–Trinajstić information content (AvgIpc) is 3.20. The normalized spacial score (nSPS) is 12.8. The van der Waals surface area contributed by atoms with Crippen molar-refractivity contribution in [3.05, 3.63) is 107 Å². The molecule has 4 rings (SSSR count). The summed E-state index contributed by atoms with van der Waals surface area (Å²) in [5.74, 6) is -1.34. The van der Waals surface area contributed by atoms with Crippen molar-refractivity contribution in [1.82, 2.24) is 9.47 Å². The van der Waals surface area contributed by atoms with Gasteiger partial charge < -0.3 is 14.4 Å². The van der Waals surface area contributed by atoms with Crippen molar-refractivity contribution in [2.24, 2.45) is 0 Å². The number of benzene rings is 3. The van der Waals surface area contributed by atoms with Crippen LogP contribution < -0.4 is 0 Å². The van der Waals surface area contributed by atoms with Crippen LogP contribution in [0.3, 0.4) is 0 Å². The molecular formula is C30H29F3N2O4. The van der Waals surface area contributed by atoms with E-state index in [0.29, 0.717) is 17.5 Å². The van der Waals surface area contributed by atoms with Gasteiger partial charge in [0.25, 0.3) is 0 Å². The van der Waals surface area contributed by atoms with E-state index < -0.39 is 42.0 Å². The lowest BCUT2D eigenvalue weighted by molar-refractivity contribution is -0.144. The van der Waals surface area contributed by atoms with E-state index >= 15 is 0 Å². The molecule has 1 amide bonds. The molecule has 3 aromatic carbocycles.